The maximum atomic E-state index is 12.3. The first-order valence-corrected chi connectivity index (χ1v) is 12.1. The smallest absolute Gasteiger partial charge is 0.259 e. The largest absolute Gasteiger partial charge is 0.496 e. The van der Waals surface area contributed by atoms with Crippen molar-refractivity contribution in [1.82, 2.24) is 10.7 Å². The van der Waals surface area contributed by atoms with Gasteiger partial charge in [0.1, 0.15) is 12.4 Å². The quantitative estimate of drug-likeness (QED) is 0.266. The molecular weight excluding hydrogens is 526 g/mol. The maximum absolute atomic E-state index is 12.3. The van der Waals surface area contributed by atoms with Crippen molar-refractivity contribution in [2.75, 3.05) is 20.3 Å². The van der Waals surface area contributed by atoms with E-state index in [4.69, 9.17) is 14.2 Å². The van der Waals surface area contributed by atoms with E-state index in [2.05, 4.69) is 31.8 Å². The summed E-state index contributed by atoms with van der Waals surface area (Å²) in [5.74, 6) is 0.665. The van der Waals surface area contributed by atoms with Crippen molar-refractivity contribution in [3.63, 3.8) is 0 Å². The van der Waals surface area contributed by atoms with Gasteiger partial charge < -0.3 is 19.5 Å². The van der Waals surface area contributed by atoms with Crippen LogP contribution >= 0.6 is 15.9 Å². The Hall–Kier alpha value is -3.85. The number of hydrazone groups is 1. The number of hydrogen-bond donors (Lipinski definition) is 2. The number of benzene rings is 3. The minimum absolute atomic E-state index is 0.242. The van der Waals surface area contributed by atoms with Gasteiger partial charge in [-0.25, -0.2) is 5.43 Å². The molecule has 3 aromatic carbocycles. The van der Waals surface area contributed by atoms with Crippen LogP contribution in [0.4, 0.5) is 0 Å². The summed E-state index contributed by atoms with van der Waals surface area (Å²) < 4.78 is 17.6. The normalized spacial score (nSPS) is 10.7. The van der Waals surface area contributed by atoms with Crippen molar-refractivity contribution in [3.8, 4) is 17.2 Å². The Balaban J connectivity index is 1.59. The molecule has 3 rings (SSSR count). The molecule has 2 N–H and O–H groups in total. The Kier molecular flexibility index (Phi) is 9.88. The molecule has 188 valence electrons. The summed E-state index contributed by atoms with van der Waals surface area (Å²) in [4.78, 5) is 24.4. The van der Waals surface area contributed by atoms with E-state index in [-0.39, 0.29) is 6.54 Å². The van der Waals surface area contributed by atoms with Crippen LogP contribution in [0.3, 0.4) is 0 Å². The van der Waals surface area contributed by atoms with Crippen LogP contribution in [0.15, 0.2) is 70.2 Å². The molecule has 0 heterocycles. The molecule has 2 amide bonds. The number of ether oxygens (including phenoxy) is 3. The SMILES string of the molecule is CCOc1cc(C=NNC(=O)CNC(=O)c2ccccc2OC)cc(Br)c1OCc1ccc(C)cc1. The zero-order valence-corrected chi connectivity index (χ0v) is 21.9. The second kappa shape index (κ2) is 13.3. The predicted molar refractivity (Wildman–Crippen MR) is 142 cm³/mol. The van der Waals surface area contributed by atoms with Gasteiger partial charge in [0.2, 0.25) is 0 Å². The van der Waals surface area contributed by atoms with E-state index in [0.29, 0.717) is 46.1 Å². The molecule has 0 saturated heterocycles. The van der Waals surface area contributed by atoms with Crippen LogP contribution in [0.25, 0.3) is 0 Å². The number of nitrogens with zero attached hydrogens (tertiary/aromatic N) is 1. The molecule has 8 nitrogen and oxygen atoms in total. The van der Waals surface area contributed by atoms with Gasteiger partial charge in [0.15, 0.2) is 11.5 Å². The van der Waals surface area contributed by atoms with Crippen molar-refractivity contribution in [2.24, 2.45) is 5.10 Å². The van der Waals surface area contributed by atoms with Crippen molar-refractivity contribution < 1.29 is 23.8 Å². The number of hydrogen-bond acceptors (Lipinski definition) is 6. The third-order valence-electron chi connectivity index (χ3n) is 5.00. The summed E-state index contributed by atoms with van der Waals surface area (Å²) in [6.07, 6.45) is 1.48. The molecule has 0 bridgehead atoms. The van der Waals surface area contributed by atoms with Crippen LogP contribution in [0.2, 0.25) is 0 Å². The predicted octanol–water partition coefficient (Wildman–Crippen LogP) is 4.62. The average molecular weight is 554 g/mol. The summed E-state index contributed by atoms with van der Waals surface area (Å²) in [5, 5.41) is 6.53. The first-order chi connectivity index (χ1) is 17.4. The van der Waals surface area contributed by atoms with E-state index in [1.54, 1.807) is 30.3 Å². The zero-order valence-electron chi connectivity index (χ0n) is 20.3. The standard InChI is InChI=1S/C27H28BrN3O5/c1-4-35-24-14-20(13-22(28)26(24)36-17-19-11-9-18(2)10-12-19)15-30-31-25(32)16-29-27(33)21-7-5-6-8-23(21)34-3/h5-15H,4,16-17H2,1-3H3,(H,29,33)(H,31,32). The number of para-hydroxylation sites is 1. The highest BCUT2D eigenvalue weighted by Gasteiger charge is 2.14. The fourth-order valence-corrected chi connectivity index (χ4v) is 3.79. The van der Waals surface area contributed by atoms with Gasteiger partial charge in [-0.15, -0.1) is 0 Å². The van der Waals surface area contributed by atoms with Gasteiger partial charge in [0.25, 0.3) is 11.8 Å². The summed E-state index contributed by atoms with van der Waals surface area (Å²) >= 11 is 3.54. The topological polar surface area (TPSA) is 98.2 Å². The minimum atomic E-state index is -0.475. The lowest BCUT2D eigenvalue weighted by Gasteiger charge is -2.15. The van der Waals surface area contributed by atoms with Crippen LogP contribution in [-0.4, -0.2) is 38.3 Å². The van der Waals surface area contributed by atoms with E-state index < -0.39 is 11.8 Å². The molecule has 3 aromatic rings. The third kappa shape index (κ3) is 7.58. The number of aryl methyl sites for hydroxylation is 1. The molecule has 0 atom stereocenters. The number of carbonyl (C=O) groups is 2. The van der Waals surface area contributed by atoms with Gasteiger partial charge in [-0.3, -0.25) is 9.59 Å². The number of methoxy groups -OCH3 is 1. The second-order valence-corrected chi connectivity index (χ2v) is 8.57. The summed E-state index contributed by atoms with van der Waals surface area (Å²) in [6.45, 7) is 4.53. The van der Waals surface area contributed by atoms with E-state index in [1.807, 2.05) is 44.2 Å². The molecule has 0 fully saturated rings. The molecule has 0 saturated carbocycles. The van der Waals surface area contributed by atoms with Crippen molar-refractivity contribution >= 4 is 34.0 Å². The van der Waals surface area contributed by atoms with E-state index >= 15 is 0 Å². The molecule has 0 radical (unpaired) electrons. The minimum Gasteiger partial charge on any atom is -0.496 e. The highest BCUT2D eigenvalue weighted by molar-refractivity contribution is 9.10. The van der Waals surface area contributed by atoms with Crippen LogP contribution in [0.5, 0.6) is 17.2 Å². The third-order valence-corrected chi connectivity index (χ3v) is 5.59. The summed E-state index contributed by atoms with van der Waals surface area (Å²) in [7, 11) is 1.48. The first-order valence-electron chi connectivity index (χ1n) is 11.3. The molecule has 0 aromatic heterocycles. The van der Waals surface area contributed by atoms with Gasteiger partial charge >= 0.3 is 0 Å². The van der Waals surface area contributed by atoms with Crippen molar-refractivity contribution in [3.05, 3.63) is 87.4 Å². The second-order valence-electron chi connectivity index (χ2n) is 7.71. The fraction of sp³-hybridized carbons (Fsp3) is 0.222. The van der Waals surface area contributed by atoms with Gasteiger partial charge in [0.05, 0.1) is 36.5 Å². The Bertz CT molecular complexity index is 1230. The molecule has 0 unspecified atom stereocenters. The Morgan fingerprint density at radius 3 is 2.50 bits per heavy atom. The molecule has 36 heavy (non-hydrogen) atoms. The molecule has 9 heteroatoms. The fourth-order valence-electron chi connectivity index (χ4n) is 3.21. The summed E-state index contributed by atoms with van der Waals surface area (Å²) in [5.41, 5.74) is 5.66. The lowest BCUT2D eigenvalue weighted by atomic mass is 10.2. The first kappa shape index (κ1) is 26.7. The molecule has 0 aliphatic carbocycles. The molecule has 0 aliphatic rings. The number of halogens is 1. The lowest BCUT2D eigenvalue weighted by molar-refractivity contribution is -0.120. The van der Waals surface area contributed by atoms with E-state index in [1.165, 1.54) is 18.9 Å². The van der Waals surface area contributed by atoms with Crippen molar-refractivity contribution in [1.29, 1.82) is 0 Å². The maximum Gasteiger partial charge on any atom is 0.259 e. The Labute approximate surface area is 218 Å². The number of carbonyl (C=O) groups excluding carboxylic acids is 2. The molecule has 0 aliphatic heterocycles. The van der Waals surface area contributed by atoms with Gasteiger partial charge in [-0.2, -0.15) is 5.10 Å². The van der Waals surface area contributed by atoms with Crippen LogP contribution < -0.4 is 25.0 Å². The highest BCUT2D eigenvalue weighted by atomic mass is 79.9. The number of nitrogens with one attached hydrogen (secondary N) is 2. The number of amides is 2. The van der Waals surface area contributed by atoms with Gasteiger partial charge in [0, 0.05) is 0 Å². The van der Waals surface area contributed by atoms with Gasteiger partial charge in [-0.1, -0.05) is 42.0 Å². The van der Waals surface area contributed by atoms with Crippen molar-refractivity contribution in [2.45, 2.75) is 20.5 Å². The Morgan fingerprint density at radius 1 is 1.03 bits per heavy atom. The van der Waals surface area contributed by atoms with E-state index in [0.717, 1.165) is 5.56 Å². The number of rotatable bonds is 11. The summed E-state index contributed by atoms with van der Waals surface area (Å²) in [6, 6.07) is 18.5. The zero-order chi connectivity index (χ0) is 25.9. The Morgan fingerprint density at radius 2 is 1.78 bits per heavy atom. The average Bonchev–Trinajstić information content (AvgIpc) is 2.88. The highest BCUT2D eigenvalue weighted by Crippen LogP contribution is 2.37. The van der Waals surface area contributed by atoms with Crippen LogP contribution in [0, 0.1) is 6.92 Å². The molecule has 0 spiro atoms. The monoisotopic (exact) mass is 553 g/mol. The van der Waals surface area contributed by atoms with Gasteiger partial charge in [-0.05, 0) is 65.2 Å². The van der Waals surface area contributed by atoms with Crippen LogP contribution in [-0.2, 0) is 11.4 Å². The lowest BCUT2D eigenvalue weighted by Crippen LogP contribution is -2.35. The van der Waals surface area contributed by atoms with E-state index in [9.17, 15) is 9.59 Å². The van der Waals surface area contributed by atoms with Crippen LogP contribution in [0.1, 0.15) is 34.0 Å². The molecular formula is C27H28BrN3O5.